The van der Waals surface area contributed by atoms with Crippen LogP contribution >= 0.6 is 11.3 Å². The first-order chi connectivity index (χ1) is 18.8. The summed E-state index contributed by atoms with van der Waals surface area (Å²) in [6.07, 6.45) is 5.63. The van der Waals surface area contributed by atoms with Gasteiger partial charge in [0.05, 0.1) is 23.8 Å². The minimum absolute atomic E-state index is 0.0189. The van der Waals surface area contributed by atoms with E-state index in [2.05, 4.69) is 24.1 Å². The van der Waals surface area contributed by atoms with Gasteiger partial charge in [0.2, 0.25) is 5.91 Å². The van der Waals surface area contributed by atoms with Crippen molar-refractivity contribution < 1.29 is 29.0 Å². The van der Waals surface area contributed by atoms with Crippen LogP contribution in [0.3, 0.4) is 0 Å². The molecule has 1 aromatic heterocycles. The standard InChI is InChI=1S/C31H46N2O6S/c1-20-7-11-23(12-8-20)28(34)33(26-19-25(13-16-31(4,5)6)40-27(26)29(35)36)22(3)10-9-21(2)32-30(37)39-24-14-17-38-18-15-24/h19-24H,7-12,14-15,17-18H2,1-6H3,(H,32,37)(H,35,36). The molecule has 3 rings (SSSR count). The molecule has 1 saturated carbocycles. The smallest absolute Gasteiger partial charge is 0.407 e. The summed E-state index contributed by atoms with van der Waals surface area (Å²) in [4.78, 5) is 41.2. The molecule has 40 heavy (non-hydrogen) atoms. The second-order valence-electron chi connectivity index (χ2n) is 12.5. The van der Waals surface area contributed by atoms with Crippen LogP contribution in [0, 0.1) is 29.1 Å². The maximum Gasteiger partial charge on any atom is 0.407 e. The second kappa shape index (κ2) is 14.4. The van der Waals surface area contributed by atoms with Crippen molar-refractivity contribution in [1.29, 1.82) is 0 Å². The van der Waals surface area contributed by atoms with Gasteiger partial charge in [-0.15, -0.1) is 11.3 Å². The van der Waals surface area contributed by atoms with Gasteiger partial charge in [-0.2, -0.15) is 0 Å². The number of alkyl carbamates (subject to hydrolysis) is 1. The molecule has 1 aliphatic carbocycles. The van der Waals surface area contributed by atoms with Crippen LogP contribution in [0.5, 0.6) is 0 Å². The second-order valence-corrected chi connectivity index (χ2v) is 13.5. The minimum Gasteiger partial charge on any atom is -0.477 e. The highest BCUT2D eigenvalue weighted by Gasteiger charge is 2.34. The summed E-state index contributed by atoms with van der Waals surface area (Å²) in [7, 11) is 0. The van der Waals surface area contributed by atoms with Crippen molar-refractivity contribution in [2.75, 3.05) is 18.1 Å². The summed E-state index contributed by atoms with van der Waals surface area (Å²) in [5.41, 5.74) is 0.191. The number of carbonyl (C=O) groups excluding carboxylic acids is 2. The van der Waals surface area contributed by atoms with Gasteiger partial charge in [-0.25, -0.2) is 9.59 Å². The number of thiophene rings is 1. The summed E-state index contributed by atoms with van der Waals surface area (Å²) in [6, 6.07) is 1.33. The Morgan fingerprint density at radius 1 is 1.12 bits per heavy atom. The summed E-state index contributed by atoms with van der Waals surface area (Å²) >= 11 is 1.12. The molecule has 9 heteroatoms. The molecule has 0 spiro atoms. The molecule has 0 aromatic carbocycles. The highest BCUT2D eigenvalue weighted by Crippen LogP contribution is 2.37. The largest absolute Gasteiger partial charge is 0.477 e. The number of hydrogen-bond acceptors (Lipinski definition) is 6. The van der Waals surface area contributed by atoms with Crippen LogP contribution in [-0.2, 0) is 14.3 Å². The third kappa shape index (κ3) is 9.52. The lowest BCUT2D eigenvalue weighted by atomic mass is 9.82. The lowest BCUT2D eigenvalue weighted by Crippen LogP contribution is -2.44. The van der Waals surface area contributed by atoms with Crippen molar-refractivity contribution in [1.82, 2.24) is 5.32 Å². The molecule has 2 aliphatic rings. The van der Waals surface area contributed by atoms with Crippen molar-refractivity contribution >= 4 is 35.0 Å². The van der Waals surface area contributed by atoms with Crippen molar-refractivity contribution in [3.05, 3.63) is 15.8 Å². The van der Waals surface area contributed by atoms with E-state index in [9.17, 15) is 19.5 Å². The van der Waals surface area contributed by atoms with Gasteiger partial charge in [0.1, 0.15) is 11.0 Å². The monoisotopic (exact) mass is 574 g/mol. The van der Waals surface area contributed by atoms with E-state index in [-0.39, 0.29) is 40.3 Å². The molecule has 2 heterocycles. The van der Waals surface area contributed by atoms with Gasteiger partial charge in [-0.05, 0) is 85.1 Å². The number of amides is 2. The summed E-state index contributed by atoms with van der Waals surface area (Å²) in [5.74, 6) is 5.68. The Kier molecular flexibility index (Phi) is 11.5. The molecule has 1 aliphatic heterocycles. The molecule has 1 aromatic rings. The lowest BCUT2D eigenvalue weighted by Gasteiger charge is -2.35. The highest BCUT2D eigenvalue weighted by atomic mass is 32.1. The van der Waals surface area contributed by atoms with Crippen LogP contribution in [0.25, 0.3) is 0 Å². The maximum atomic E-state index is 14.0. The van der Waals surface area contributed by atoms with E-state index in [1.165, 1.54) is 0 Å². The Hall–Kier alpha value is -2.57. The molecule has 2 amide bonds. The third-order valence-electron chi connectivity index (χ3n) is 7.59. The van der Waals surface area contributed by atoms with E-state index in [1.807, 2.05) is 34.6 Å². The number of rotatable bonds is 9. The Bertz CT molecular complexity index is 1080. The fraction of sp³-hybridized carbons (Fsp3) is 0.710. The van der Waals surface area contributed by atoms with Gasteiger partial charge in [-0.3, -0.25) is 4.79 Å². The molecule has 2 N–H and O–H groups in total. The number of aromatic carboxylic acids is 1. The molecule has 2 unspecified atom stereocenters. The SMILES string of the molecule is CC1CCC(C(=O)N(c2cc(C#CC(C)(C)C)sc2C(=O)O)C(C)CCC(C)NC(=O)OC2CCOCC2)CC1. The minimum atomic E-state index is -1.06. The molecular weight excluding hydrogens is 528 g/mol. The number of anilines is 1. The molecule has 1 saturated heterocycles. The van der Waals surface area contributed by atoms with E-state index in [4.69, 9.17) is 9.47 Å². The van der Waals surface area contributed by atoms with Crippen molar-refractivity contribution in [2.24, 2.45) is 17.3 Å². The number of carboxylic acid groups (broad SMARTS) is 1. The van der Waals surface area contributed by atoms with Gasteiger partial charge in [0.25, 0.3) is 0 Å². The highest BCUT2D eigenvalue weighted by molar-refractivity contribution is 7.15. The molecule has 2 atom stereocenters. The van der Waals surface area contributed by atoms with Crippen molar-refractivity contribution in [3.63, 3.8) is 0 Å². The molecule has 8 nitrogen and oxygen atoms in total. The predicted molar refractivity (Wildman–Crippen MR) is 158 cm³/mol. The van der Waals surface area contributed by atoms with E-state index < -0.39 is 12.1 Å². The summed E-state index contributed by atoms with van der Waals surface area (Å²) in [5, 5.41) is 13.0. The first-order valence-electron chi connectivity index (χ1n) is 14.6. The van der Waals surface area contributed by atoms with E-state index >= 15 is 0 Å². The zero-order chi connectivity index (χ0) is 29.4. The Labute approximate surface area is 243 Å². The number of carboxylic acids is 1. The normalized spacial score (nSPS) is 21.4. The van der Waals surface area contributed by atoms with Crippen LogP contribution in [0.15, 0.2) is 6.07 Å². The van der Waals surface area contributed by atoms with Gasteiger partial charge in [-0.1, -0.05) is 18.8 Å². The fourth-order valence-corrected chi connectivity index (χ4v) is 6.02. The van der Waals surface area contributed by atoms with E-state index in [1.54, 1.807) is 11.0 Å². The summed E-state index contributed by atoms with van der Waals surface area (Å²) < 4.78 is 10.9. The number of ether oxygens (including phenoxy) is 2. The Balaban J connectivity index is 1.78. The molecule has 2 fully saturated rings. The summed E-state index contributed by atoms with van der Waals surface area (Å²) in [6.45, 7) is 13.3. The van der Waals surface area contributed by atoms with Crippen LogP contribution in [0.4, 0.5) is 10.5 Å². The average molecular weight is 575 g/mol. The zero-order valence-electron chi connectivity index (χ0n) is 24.9. The zero-order valence-corrected chi connectivity index (χ0v) is 25.7. The number of nitrogens with one attached hydrogen (secondary N) is 1. The average Bonchev–Trinajstić information content (AvgIpc) is 3.31. The van der Waals surface area contributed by atoms with Gasteiger partial charge in [0, 0.05) is 36.3 Å². The van der Waals surface area contributed by atoms with Crippen LogP contribution in [0.1, 0.15) is 107 Å². The topological polar surface area (TPSA) is 105 Å². The Morgan fingerprint density at radius 3 is 2.38 bits per heavy atom. The number of carbonyl (C=O) groups is 3. The van der Waals surface area contributed by atoms with Crippen molar-refractivity contribution in [2.45, 2.75) is 111 Å². The van der Waals surface area contributed by atoms with Crippen molar-refractivity contribution in [3.8, 4) is 11.8 Å². The van der Waals surface area contributed by atoms with E-state index in [0.717, 1.165) is 37.0 Å². The predicted octanol–water partition coefficient (Wildman–Crippen LogP) is 6.47. The van der Waals surface area contributed by atoms with Crippen LogP contribution < -0.4 is 10.2 Å². The van der Waals surface area contributed by atoms with Gasteiger partial charge in [0.15, 0.2) is 0 Å². The van der Waals surface area contributed by atoms with E-state index in [0.29, 0.717) is 55.4 Å². The maximum absolute atomic E-state index is 14.0. The quantitative estimate of drug-likeness (QED) is 0.328. The first kappa shape index (κ1) is 32.0. The number of nitrogens with zero attached hydrogens (tertiary/aromatic N) is 1. The molecule has 0 radical (unpaired) electrons. The van der Waals surface area contributed by atoms with Crippen LogP contribution in [0.2, 0.25) is 0 Å². The molecule has 222 valence electrons. The van der Waals surface area contributed by atoms with Crippen LogP contribution in [-0.4, -0.2) is 54.5 Å². The first-order valence-corrected chi connectivity index (χ1v) is 15.4. The number of hydrogen-bond donors (Lipinski definition) is 2. The lowest BCUT2D eigenvalue weighted by molar-refractivity contribution is -0.124. The Morgan fingerprint density at radius 2 is 1.77 bits per heavy atom. The third-order valence-corrected chi connectivity index (χ3v) is 8.62. The fourth-order valence-electron chi connectivity index (χ4n) is 5.17. The van der Waals surface area contributed by atoms with Gasteiger partial charge >= 0.3 is 12.1 Å². The molecular formula is C31H46N2O6S. The molecule has 0 bridgehead atoms. The van der Waals surface area contributed by atoms with Gasteiger partial charge < -0.3 is 24.8 Å².